The van der Waals surface area contributed by atoms with Crippen LogP contribution in [0.25, 0.3) is 0 Å². The third-order valence-electron chi connectivity index (χ3n) is 4.23. The van der Waals surface area contributed by atoms with Crippen molar-refractivity contribution in [2.24, 2.45) is 5.92 Å². The summed E-state index contributed by atoms with van der Waals surface area (Å²) < 4.78 is 0. The summed E-state index contributed by atoms with van der Waals surface area (Å²) in [4.78, 5) is 6.51. The van der Waals surface area contributed by atoms with Gasteiger partial charge in [-0.1, -0.05) is 74.5 Å². The minimum absolute atomic E-state index is 0.00962. The van der Waals surface area contributed by atoms with E-state index in [2.05, 4.69) is 101 Å². The van der Waals surface area contributed by atoms with E-state index in [0.717, 1.165) is 0 Å². The van der Waals surface area contributed by atoms with Crippen molar-refractivity contribution in [1.82, 2.24) is 5.06 Å². The van der Waals surface area contributed by atoms with Crippen LogP contribution in [0.1, 0.15) is 64.8 Å². The number of hydrogen-bond acceptors (Lipinski definition) is 2. The van der Waals surface area contributed by atoms with E-state index in [1.165, 1.54) is 11.1 Å². The van der Waals surface area contributed by atoms with Crippen LogP contribution in [0.3, 0.4) is 0 Å². The van der Waals surface area contributed by atoms with Gasteiger partial charge in [-0.05, 0) is 44.7 Å². The largest absolute Gasteiger partial charge is 0.290 e. The second kappa shape index (κ2) is 7.96. The van der Waals surface area contributed by atoms with Crippen molar-refractivity contribution >= 4 is 0 Å². The van der Waals surface area contributed by atoms with Crippen molar-refractivity contribution in [3.05, 3.63) is 71.8 Å². The zero-order chi connectivity index (χ0) is 17.7. The number of hydrogen-bond donors (Lipinski definition) is 0. The number of benzene rings is 2. The van der Waals surface area contributed by atoms with Crippen LogP contribution in [0.4, 0.5) is 0 Å². The van der Waals surface area contributed by atoms with Gasteiger partial charge in [-0.3, -0.25) is 4.84 Å². The predicted molar refractivity (Wildman–Crippen MR) is 102 cm³/mol. The highest BCUT2D eigenvalue weighted by Crippen LogP contribution is 2.36. The molecule has 2 nitrogen and oxygen atoms in total. The van der Waals surface area contributed by atoms with E-state index in [-0.39, 0.29) is 17.7 Å². The summed E-state index contributed by atoms with van der Waals surface area (Å²) in [5.41, 5.74) is 2.39. The Kier molecular flexibility index (Phi) is 6.20. The lowest BCUT2D eigenvalue weighted by molar-refractivity contribution is -0.272. The normalized spacial score (nSPS) is 14.8. The van der Waals surface area contributed by atoms with E-state index in [1.54, 1.807) is 0 Å². The molecule has 0 heterocycles. The van der Waals surface area contributed by atoms with E-state index in [9.17, 15) is 0 Å². The van der Waals surface area contributed by atoms with Gasteiger partial charge in [0.1, 0.15) is 6.10 Å². The summed E-state index contributed by atoms with van der Waals surface area (Å²) in [7, 11) is 0. The van der Waals surface area contributed by atoms with E-state index >= 15 is 0 Å². The summed E-state index contributed by atoms with van der Waals surface area (Å²) in [5.74, 6) is 0.439. The Hall–Kier alpha value is -1.64. The maximum absolute atomic E-state index is 6.51. The van der Waals surface area contributed by atoms with Gasteiger partial charge in [-0.25, -0.2) is 0 Å². The first-order valence-corrected chi connectivity index (χ1v) is 8.86. The van der Waals surface area contributed by atoms with Crippen LogP contribution < -0.4 is 0 Å². The fourth-order valence-corrected chi connectivity index (χ4v) is 3.04. The second-order valence-corrected chi connectivity index (χ2v) is 7.75. The molecule has 2 aromatic rings. The van der Waals surface area contributed by atoms with Gasteiger partial charge in [0, 0.05) is 5.54 Å². The van der Waals surface area contributed by atoms with Crippen molar-refractivity contribution < 1.29 is 4.84 Å². The standard InChI is InChI=1S/C22H31NO/c1-17(2)21(20-15-11-8-12-16-20)23(22(4,5)6)24-18(3)19-13-9-7-10-14-19/h7-18,21H,1-6H3/t18-,21-/m1/s1. The fraction of sp³-hybridized carbons (Fsp3) is 0.455. The quantitative estimate of drug-likeness (QED) is 0.588. The highest BCUT2D eigenvalue weighted by Gasteiger charge is 2.34. The Labute approximate surface area is 147 Å². The molecule has 0 fully saturated rings. The van der Waals surface area contributed by atoms with Gasteiger partial charge in [-0.15, -0.1) is 0 Å². The van der Waals surface area contributed by atoms with Crippen LogP contribution in [0.5, 0.6) is 0 Å². The van der Waals surface area contributed by atoms with Gasteiger partial charge in [0.2, 0.25) is 0 Å². The molecule has 2 heteroatoms. The van der Waals surface area contributed by atoms with Gasteiger partial charge >= 0.3 is 0 Å². The van der Waals surface area contributed by atoms with Crippen molar-refractivity contribution in [1.29, 1.82) is 0 Å². The molecule has 0 N–H and O–H groups in total. The Bertz CT molecular complexity index is 601. The molecule has 2 aromatic carbocycles. The molecule has 2 atom stereocenters. The first kappa shape index (κ1) is 18.7. The first-order valence-electron chi connectivity index (χ1n) is 8.86. The molecule has 0 aliphatic carbocycles. The third kappa shape index (κ3) is 4.68. The lowest BCUT2D eigenvalue weighted by Gasteiger charge is -2.43. The Morgan fingerprint density at radius 3 is 1.62 bits per heavy atom. The lowest BCUT2D eigenvalue weighted by Crippen LogP contribution is -2.46. The Morgan fingerprint density at radius 2 is 1.21 bits per heavy atom. The molecule has 0 spiro atoms. The molecule has 0 aromatic heterocycles. The Morgan fingerprint density at radius 1 is 0.750 bits per heavy atom. The average molecular weight is 325 g/mol. The van der Waals surface area contributed by atoms with Crippen LogP contribution in [0.15, 0.2) is 60.7 Å². The van der Waals surface area contributed by atoms with Crippen LogP contribution >= 0.6 is 0 Å². The number of nitrogens with zero attached hydrogens (tertiary/aromatic N) is 1. The highest BCUT2D eigenvalue weighted by atomic mass is 16.7. The molecular weight excluding hydrogens is 294 g/mol. The first-order chi connectivity index (χ1) is 11.3. The topological polar surface area (TPSA) is 12.5 Å². The molecule has 0 aliphatic rings. The average Bonchev–Trinajstić information content (AvgIpc) is 2.55. The van der Waals surface area contributed by atoms with Crippen LogP contribution in [-0.4, -0.2) is 10.6 Å². The molecule has 0 bridgehead atoms. The van der Waals surface area contributed by atoms with Gasteiger partial charge in [-0.2, -0.15) is 5.06 Å². The van der Waals surface area contributed by atoms with Gasteiger partial charge in [0.05, 0.1) is 6.04 Å². The molecule has 24 heavy (non-hydrogen) atoms. The summed E-state index contributed by atoms with van der Waals surface area (Å²) >= 11 is 0. The minimum atomic E-state index is -0.103. The third-order valence-corrected chi connectivity index (χ3v) is 4.23. The molecule has 0 saturated heterocycles. The molecule has 0 amide bonds. The maximum Gasteiger partial charge on any atom is 0.102 e. The molecule has 0 saturated carbocycles. The zero-order valence-electron chi connectivity index (χ0n) is 15.9. The molecule has 0 radical (unpaired) electrons. The number of hydroxylamine groups is 2. The molecule has 0 unspecified atom stereocenters. The van der Waals surface area contributed by atoms with E-state index in [4.69, 9.17) is 4.84 Å². The smallest absolute Gasteiger partial charge is 0.102 e. The number of rotatable bonds is 6. The zero-order valence-corrected chi connectivity index (χ0v) is 15.9. The lowest BCUT2D eigenvalue weighted by atomic mass is 9.92. The van der Waals surface area contributed by atoms with Crippen molar-refractivity contribution in [3.63, 3.8) is 0 Å². The van der Waals surface area contributed by atoms with Crippen molar-refractivity contribution in [2.75, 3.05) is 0 Å². The highest BCUT2D eigenvalue weighted by molar-refractivity contribution is 5.20. The Balaban J connectivity index is 2.33. The van der Waals surface area contributed by atoms with Crippen LogP contribution in [-0.2, 0) is 4.84 Å². The second-order valence-electron chi connectivity index (χ2n) is 7.75. The van der Waals surface area contributed by atoms with Crippen molar-refractivity contribution in [2.45, 2.75) is 59.2 Å². The minimum Gasteiger partial charge on any atom is -0.290 e. The van der Waals surface area contributed by atoms with Crippen LogP contribution in [0.2, 0.25) is 0 Å². The van der Waals surface area contributed by atoms with Crippen LogP contribution in [0, 0.1) is 5.92 Å². The van der Waals surface area contributed by atoms with E-state index < -0.39 is 0 Å². The summed E-state index contributed by atoms with van der Waals surface area (Å²) in [6.45, 7) is 13.3. The van der Waals surface area contributed by atoms with Gasteiger partial charge in [0.25, 0.3) is 0 Å². The van der Waals surface area contributed by atoms with Gasteiger partial charge in [0.15, 0.2) is 0 Å². The van der Waals surface area contributed by atoms with E-state index in [0.29, 0.717) is 5.92 Å². The fourth-order valence-electron chi connectivity index (χ4n) is 3.04. The SMILES string of the molecule is CC(C)[C@H](c1ccccc1)N(O[C@H](C)c1ccccc1)C(C)(C)C. The summed E-state index contributed by atoms with van der Waals surface area (Å²) in [5, 5.41) is 2.19. The summed E-state index contributed by atoms with van der Waals surface area (Å²) in [6.07, 6.45) is 0.00962. The van der Waals surface area contributed by atoms with E-state index in [1.807, 2.05) is 6.07 Å². The molecular formula is C22H31NO. The van der Waals surface area contributed by atoms with Gasteiger partial charge < -0.3 is 0 Å². The molecule has 130 valence electrons. The molecule has 2 rings (SSSR count). The summed E-state index contributed by atoms with van der Waals surface area (Å²) in [6, 6.07) is 21.3. The molecule has 0 aliphatic heterocycles. The predicted octanol–water partition coefficient (Wildman–Crippen LogP) is 6.18. The van der Waals surface area contributed by atoms with Crippen molar-refractivity contribution in [3.8, 4) is 0 Å². The maximum atomic E-state index is 6.51. The monoisotopic (exact) mass is 325 g/mol.